The van der Waals surface area contributed by atoms with Gasteiger partial charge >= 0.3 is 0 Å². The number of benzene rings is 1. The van der Waals surface area contributed by atoms with Crippen molar-refractivity contribution in [3.05, 3.63) is 61.2 Å². The molecule has 1 fully saturated rings. The van der Waals surface area contributed by atoms with Crippen LogP contribution in [0.2, 0.25) is 0 Å². The zero-order chi connectivity index (χ0) is 18.1. The number of hydrogen-bond donors (Lipinski definition) is 2. The molecule has 6 heteroatoms. The van der Waals surface area contributed by atoms with Gasteiger partial charge in [-0.15, -0.1) is 13.2 Å². The van der Waals surface area contributed by atoms with E-state index >= 15 is 0 Å². The van der Waals surface area contributed by atoms with E-state index in [1.807, 2.05) is 30.3 Å². The molecular weight excluding hydrogens is 324 g/mol. The summed E-state index contributed by atoms with van der Waals surface area (Å²) in [6.45, 7) is 8.11. The summed E-state index contributed by atoms with van der Waals surface area (Å²) in [4.78, 5) is 0. The van der Waals surface area contributed by atoms with Crippen LogP contribution in [0, 0.1) is 0 Å². The third-order valence-electron chi connectivity index (χ3n) is 3.84. The van der Waals surface area contributed by atoms with E-state index in [4.69, 9.17) is 18.9 Å². The van der Waals surface area contributed by atoms with Crippen LogP contribution in [0.4, 0.5) is 0 Å². The van der Waals surface area contributed by atoms with Crippen molar-refractivity contribution in [2.45, 2.75) is 37.3 Å². The molecule has 0 unspecified atom stereocenters. The number of hydrogen-bond acceptors (Lipinski definition) is 6. The quantitative estimate of drug-likeness (QED) is 0.622. The Morgan fingerprint density at radius 2 is 1.64 bits per heavy atom. The Hall–Kier alpha value is -1.54. The molecule has 0 saturated carbocycles. The fraction of sp³-hybridized carbons (Fsp3) is 0.474. The van der Waals surface area contributed by atoms with E-state index in [1.165, 1.54) is 0 Å². The highest BCUT2D eigenvalue weighted by Gasteiger charge is 2.46. The highest BCUT2D eigenvalue weighted by molar-refractivity contribution is 5.13. The molecule has 0 aliphatic carbocycles. The second kappa shape index (κ2) is 10.5. The van der Waals surface area contributed by atoms with Gasteiger partial charge in [-0.3, -0.25) is 0 Å². The topological polar surface area (TPSA) is 77.4 Å². The zero-order valence-electron chi connectivity index (χ0n) is 14.2. The van der Waals surface area contributed by atoms with E-state index in [0.29, 0.717) is 6.61 Å². The van der Waals surface area contributed by atoms with Gasteiger partial charge in [-0.2, -0.15) is 0 Å². The Morgan fingerprint density at radius 3 is 2.28 bits per heavy atom. The van der Waals surface area contributed by atoms with Crippen molar-refractivity contribution in [3.63, 3.8) is 0 Å². The van der Waals surface area contributed by atoms with Crippen LogP contribution in [0.3, 0.4) is 0 Å². The van der Waals surface area contributed by atoms with Gasteiger partial charge in [0.2, 0.25) is 0 Å². The predicted octanol–water partition coefficient (Wildman–Crippen LogP) is 1.42. The average molecular weight is 350 g/mol. The molecule has 1 aliphatic heterocycles. The monoisotopic (exact) mass is 350 g/mol. The molecule has 0 aromatic heterocycles. The number of ether oxygens (including phenoxy) is 4. The summed E-state index contributed by atoms with van der Waals surface area (Å²) in [6, 6.07) is 9.67. The Bertz CT molecular complexity index is 520. The van der Waals surface area contributed by atoms with Crippen molar-refractivity contribution >= 4 is 0 Å². The minimum atomic E-state index is -1.23. The van der Waals surface area contributed by atoms with Crippen molar-refractivity contribution in [3.8, 4) is 0 Å². The minimum Gasteiger partial charge on any atom is -0.387 e. The molecule has 0 radical (unpaired) electrons. The van der Waals surface area contributed by atoms with Crippen LogP contribution in [0.15, 0.2) is 55.6 Å². The minimum absolute atomic E-state index is 0.120. The van der Waals surface area contributed by atoms with Crippen molar-refractivity contribution in [1.82, 2.24) is 0 Å². The van der Waals surface area contributed by atoms with Crippen LogP contribution < -0.4 is 0 Å². The first-order valence-corrected chi connectivity index (χ1v) is 8.25. The van der Waals surface area contributed by atoms with E-state index in [-0.39, 0.29) is 19.8 Å². The van der Waals surface area contributed by atoms with E-state index in [9.17, 15) is 10.2 Å². The summed E-state index contributed by atoms with van der Waals surface area (Å²) < 4.78 is 22.2. The Kier molecular flexibility index (Phi) is 8.27. The molecule has 1 aromatic rings. The molecule has 1 heterocycles. The van der Waals surface area contributed by atoms with Gasteiger partial charge in [0.25, 0.3) is 0 Å². The van der Waals surface area contributed by atoms with Gasteiger partial charge in [0.05, 0.1) is 26.4 Å². The Morgan fingerprint density at radius 1 is 1.00 bits per heavy atom. The van der Waals surface area contributed by atoms with E-state index < -0.39 is 30.7 Å². The molecule has 0 amide bonds. The van der Waals surface area contributed by atoms with Gasteiger partial charge in [0.15, 0.2) is 6.29 Å². The number of aliphatic hydroxyl groups excluding tert-OH is 2. The van der Waals surface area contributed by atoms with Gasteiger partial charge in [-0.1, -0.05) is 42.5 Å². The Labute approximate surface area is 148 Å². The molecule has 2 N–H and O–H groups in total. The summed E-state index contributed by atoms with van der Waals surface area (Å²) in [7, 11) is 0. The predicted molar refractivity (Wildman–Crippen MR) is 92.9 cm³/mol. The third-order valence-corrected chi connectivity index (χ3v) is 3.84. The van der Waals surface area contributed by atoms with Crippen LogP contribution in [-0.2, 0) is 25.6 Å². The fourth-order valence-electron chi connectivity index (χ4n) is 2.64. The second-order valence-corrected chi connectivity index (χ2v) is 5.73. The number of rotatable bonds is 10. The molecule has 2 rings (SSSR count). The van der Waals surface area contributed by atoms with Gasteiger partial charge in [0.1, 0.15) is 24.4 Å². The van der Waals surface area contributed by atoms with Gasteiger partial charge in [-0.05, 0) is 5.56 Å². The van der Waals surface area contributed by atoms with Crippen molar-refractivity contribution in [2.75, 3.05) is 19.8 Å². The maximum Gasteiger partial charge on any atom is 0.184 e. The highest BCUT2D eigenvalue weighted by atomic mass is 16.7. The lowest BCUT2D eigenvalue weighted by molar-refractivity contribution is -0.302. The summed E-state index contributed by atoms with van der Waals surface area (Å²) in [5.41, 5.74) is 1.01. The SMILES string of the molecule is C=CCO[C@@H]1[C@@H](OCC=C)[C@H](O)[C@@H](COCc2ccccc2)O[C@H]1O. The van der Waals surface area contributed by atoms with Gasteiger partial charge in [-0.25, -0.2) is 0 Å². The largest absolute Gasteiger partial charge is 0.387 e. The van der Waals surface area contributed by atoms with E-state index in [0.717, 1.165) is 5.56 Å². The van der Waals surface area contributed by atoms with Crippen LogP contribution in [0.1, 0.15) is 5.56 Å². The van der Waals surface area contributed by atoms with Crippen molar-refractivity contribution < 1.29 is 29.2 Å². The first-order chi connectivity index (χ1) is 12.2. The first kappa shape index (κ1) is 19.8. The summed E-state index contributed by atoms with van der Waals surface area (Å²) in [5.74, 6) is 0. The maximum atomic E-state index is 10.6. The van der Waals surface area contributed by atoms with E-state index in [1.54, 1.807) is 12.2 Å². The molecule has 25 heavy (non-hydrogen) atoms. The molecule has 1 aliphatic rings. The molecule has 0 spiro atoms. The molecular formula is C19H26O6. The number of aliphatic hydroxyl groups is 2. The molecule has 1 aromatic carbocycles. The van der Waals surface area contributed by atoms with Gasteiger partial charge in [0, 0.05) is 0 Å². The van der Waals surface area contributed by atoms with Crippen molar-refractivity contribution in [1.29, 1.82) is 0 Å². The Balaban J connectivity index is 1.94. The lowest BCUT2D eigenvalue weighted by atomic mass is 9.98. The molecule has 138 valence electrons. The van der Waals surface area contributed by atoms with Crippen LogP contribution in [-0.4, -0.2) is 60.7 Å². The van der Waals surface area contributed by atoms with Gasteiger partial charge < -0.3 is 29.2 Å². The first-order valence-electron chi connectivity index (χ1n) is 8.25. The van der Waals surface area contributed by atoms with E-state index in [2.05, 4.69) is 13.2 Å². The zero-order valence-corrected chi connectivity index (χ0v) is 14.2. The maximum absolute atomic E-state index is 10.6. The summed E-state index contributed by atoms with van der Waals surface area (Å²) in [5, 5.41) is 20.8. The van der Waals surface area contributed by atoms with Crippen LogP contribution in [0.5, 0.6) is 0 Å². The molecule has 6 nitrogen and oxygen atoms in total. The smallest absolute Gasteiger partial charge is 0.184 e. The van der Waals surface area contributed by atoms with Crippen LogP contribution >= 0.6 is 0 Å². The van der Waals surface area contributed by atoms with Crippen molar-refractivity contribution in [2.24, 2.45) is 0 Å². The fourth-order valence-corrected chi connectivity index (χ4v) is 2.64. The lowest BCUT2D eigenvalue weighted by Crippen LogP contribution is -2.60. The summed E-state index contributed by atoms with van der Waals surface area (Å²) >= 11 is 0. The highest BCUT2D eigenvalue weighted by Crippen LogP contribution is 2.25. The second-order valence-electron chi connectivity index (χ2n) is 5.73. The lowest BCUT2D eigenvalue weighted by Gasteiger charge is -2.42. The third kappa shape index (κ3) is 5.74. The molecule has 0 bridgehead atoms. The average Bonchev–Trinajstić information content (AvgIpc) is 2.63. The van der Waals surface area contributed by atoms with Crippen LogP contribution in [0.25, 0.3) is 0 Å². The normalized spacial score (nSPS) is 29.3. The standard InChI is InChI=1S/C19H26O6/c1-3-10-23-17-16(20)15(25-19(21)18(17)24-11-4-2)13-22-12-14-8-6-5-7-9-14/h3-9,15-21H,1-2,10-13H2/t15-,16-,17+,18-,19-/m1/s1. The molecule has 1 saturated heterocycles. The summed E-state index contributed by atoms with van der Waals surface area (Å²) in [6.07, 6.45) is -1.42. The molecule has 5 atom stereocenters.